The summed E-state index contributed by atoms with van der Waals surface area (Å²) in [5.41, 5.74) is 4.00. The summed E-state index contributed by atoms with van der Waals surface area (Å²) in [6.45, 7) is 7.34. The number of amides is 4. The number of likely N-dealkylation sites (tertiary alicyclic amines) is 2. The van der Waals surface area contributed by atoms with Gasteiger partial charge in [-0.2, -0.15) is 0 Å². The molecule has 0 bridgehead atoms. The SMILES string of the molecule is O=C(NCCCCNC(=O)NCCOCCOCCNS(=O)(=O)c1ccc(OC2c3cc(Cl)cc(Cl)c3CC2N2CCCC2)cc1)NCCOCCOCCNS(=O)(=O)c1ccc(OC2c3cc(Cl)cc(Cl)c3CC2N2CCCC2)cc1. The molecule has 4 aliphatic rings. The fourth-order valence-electron chi connectivity index (χ4n) is 10.6. The second kappa shape index (κ2) is 31.8. The minimum atomic E-state index is -3.79. The molecule has 2 heterocycles. The first kappa shape index (κ1) is 63.8. The molecule has 4 aromatic carbocycles. The first-order valence-corrected chi connectivity index (χ1v) is 32.4. The number of fused-ring (bicyclic) bond motifs is 2. The number of unbranched alkanes of at least 4 members (excludes halogenated alkanes) is 1. The van der Waals surface area contributed by atoms with E-state index in [0.717, 1.165) is 87.0 Å². The second-order valence-corrected chi connectivity index (χ2v) is 25.5. The van der Waals surface area contributed by atoms with E-state index in [1.807, 2.05) is 12.1 Å². The third kappa shape index (κ3) is 18.6. The maximum absolute atomic E-state index is 13.0. The Balaban J connectivity index is 0.572. The summed E-state index contributed by atoms with van der Waals surface area (Å²) >= 11 is 25.9. The largest absolute Gasteiger partial charge is 0.484 e. The molecular weight excluding hydrogens is 1180 g/mol. The van der Waals surface area contributed by atoms with E-state index in [9.17, 15) is 26.4 Å². The van der Waals surface area contributed by atoms with Crippen LogP contribution in [0.2, 0.25) is 20.1 Å². The van der Waals surface area contributed by atoms with Gasteiger partial charge in [-0.25, -0.2) is 35.9 Å². The number of carbonyl (C=O) groups excluding carboxylic acids is 2. The highest BCUT2D eigenvalue weighted by Gasteiger charge is 2.42. The van der Waals surface area contributed by atoms with Crippen LogP contribution in [0.4, 0.5) is 9.59 Å². The van der Waals surface area contributed by atoms with E-state index in [-0.39, 0.29) is 125 Å². The smallest absolute Gasteiger partial charge is 0.314 e. The van der Waals surface area contributed by atoms with E-state index in [1.54, 1.807) is 36.4 Å². The summed E-state index contributed by atoms with van der Waals surface area (Å²) in [4.78, 5) is 29.3. The third-order valence-electron chi connectivity index (χ3n) is 14.6. The predicted octanol–water partition coefficient (Wildman–Crippen LogP) is 7.28. The molecule has 0 saturated carbocycles. The molecule has 2 aliphatic heterocycles. The Morgan fingerprint density at radius 1 is 0.463 bits per heavy atom. The van der Waals surface area contributed by atoms with Crippen molar-refractivity contribution in [3.8, 4) is 11.5 Å². The van der Waals surface area contributed by atoms with E-state index < -0.39 is 20.0 Å². The number of rotatable bonds is 33. The Labute approximate surface area is 501 Å². The van der Waals surface area contributed by atoms with Crippen molar-refractivity contribution in [2.45, 2.75) is 85.4 Å². The van der Waals surface area contributed by atoms with Gasteiger partial charge in [0.1, 0.15) is 23.7 Å². The maximum Gasteiger partial charge on any atom is 0.314 e. The molecule has 4 amide bonds. The average molecular weight is 1260 g/mol. The Morgan fingerprint density at radius 3 is 1.17 bits per heavy atom. The molecule has 2 saturated heterocycles. The number of nitrogens with zero attached hydrogens (tertiary/aromatic N) is 2. The number of ether oxygens (including phenoxy) is 6. The lowest BCUT2D eigenvalue weighted by atomic mass is 10.1. The van der Waals surface area contributed by atoms with Gasteiger partial charge in [-0.1, -0.05) is 46.4 Å². The van der Waals surface area contributed by atoms with Crippen LogP contribution in [0.25, 0.3) is 0 Å². The Hall–Kier alpha value is -4.24. The molecule has 2 fully saturated rings. The van der Waals surface area contributed by atoms with Crippen LogP contribution in [0, 0.1) is 0 Å². The maximum atomic E-state index is 13.0. The first-order valence-electron chi connectivity index (χ1n) is 28.0. The summed E-state index contributed by atoms with van der Waals surface area (Å²) in [5, 5.41) is 13.3. The first-order chi connectivity index (χ1) is 39.6. The number of carbonyl (C=O) groups is 2. The zero-order valence-corrected chi connectivity index (χ0v) is 50.4. The van der Waals surface area contributed by atoms with Gasteiger partial charge < -0.3 is 49.7 Å². The molecule has 8 rings (SSSR count). The Morgan fingerprint density at radius 2 is 0.805 bits per heavy atom. The van der Waals surface area contributed by atoms with Crippen LogP contribution in [0.3, 0.4) is 0 Å². The molecule has 0 spiro atoms. The van der Waals surface area contributed by atoms with Gasteiger partial charge in [0.05, 0.1) is 74.7 Å². The highest BCUT2D eigenvalue weighted by Crippen LogP contribution is 2.45. The number of sulfonamides is 2. The fraction of sp³-hybridized carbons (Fsp3) is 0.536. The fourth-order valence-corrected chi connectivity index (χ4v) is 13.7. The molecule has 26 heteroatoms. The Bertz CT molecular complexity index is 2750. The molecule has 4 unspecified atom stereocenters. The quantitative estimate of drug-likeness (QED) is 0.0257. The number of halogens is 4. The van der Waals surface area contributed by atoms with Crippen LogP contribution in [-0.2, 0) is 51.8 Å². The lowest BCUT2D eigenvalue weighted by molar-refractivity contribution is 0.0516. The normalized spacial score (nSPS) is 19.0. The lowest BCUT2D eigenvalue weighted by Crippen LogP contribution is -2.39. The van der Waals surface area contributed by atoms with Crippen molar-refractivity contribution in [3.05, 3.63) is 115 Å². The van der Waals surface area contributed by atoms with Crippen LogP contribution in [-0.4, -0.2) is 169 Å². The van der Waals surface area contributed by atoms with Crippen LogP contribution in [0.5, 0.6) is 11.5 Å². The summed E-state index contributed by atoms with van der Waals surface area (Å²) in [5.74, 6) is 1.10. The molecule has 0 radical (unpaired) electrons. The van der Waals surface area contributed by atoms with Crippen LogP contribution in [0.15, 0.2) is 82.6 Å². The summed E-state index contributed by atoms with van der Waals surface area (Å²) in [7, 11) is -7.58. The minimum Gasteiger partial charge on any atom is -0.484 e. The molecule has 450 valence electrons. The van der Waals surface area contributed by atoms with Crippen molar-refractivity contribution >= 4 is 78.5 Å². The van der Waals surface area contributed by atoms with E-state index in [4.69, 9.17) is 74.8 Å². The van der Waals surface area contributed by atoms with Crippen LogP contribution in [0.1, 0.15) is 73.0 Å². The second-order valence-electron chi connectivity index (χ2n) is 20.3. The topological polar surface area (TPSA) is 236 Å². The van der Waals surface area contributed by atoms with Gasteiger partial charge in [-0.05, 0) is 161 Å². The van der Waals surface area contributed by atoms with Crippen molar-refractivity contribution in [2.75, 3.05) is 118 Å². The highest BCUT2D eigenvalue weighted by molar-refractivity contribution is 7.89. The number of nitrogens with one attached hydrogen (secondary N) is 6. The van der Waals surface area contributed by atoms with Gasteiger partial charge in [0.25, 0.3) is 0 Å². The number of urea groups is 2. The molecule has 82 heavy (non-hydrogen) atoms. The molecule has 0 aromatic heterocycles. The average Bonchev–Trinajstić information content (AvgIpc) is 4.41. The zero-order chi connectivity index (χ0) is 57.9. The van der Waals surface area contributed by atoms with Gasteiger partial charge >= 0.3 is 12.1 Å². The molecule has 2 aliphatic carbocycles. The van der Waals surface area contributed by atoms with Crippen LogP contribution >= 0.6 is 46.4 Å². The van der Waals surface area contributed by atoms with Gasteiger partial charge in [-0.3, -0.25) is 9.80 Å². The van der Waals surface area contributed by atoms with Gasteiger partial charge in [0, 0.05) is 70.5 Å². The number of hydrogen-bond acceptors (Lipinski definition) is 14. The van der Waals surface area contributed by atoms with Gasteiger partial charge in [0.2, 0.25) is 20.0 Å². The van der Waals surface area contributed by atoms with Crippen LogP contribution < -0.4 is 40.2 Å². The molecule has 6 N–H and O–H groups in total. The van der Waals surface area contributed by atoms with Gasteiger partial charge in [-0.15, -0.1) is 0 Å². The summed E-state index contributed by atoms with van der Waals surface area (Å²) in [6, 6.07) is 19.6. The molecule has 20 nitrogen and oxygen atoms in total. The lowest BCUT2D eigenvalue weighted by Gasteiger charge is -2.30. The van der Waals surface area contributed by atoms with E-state index in [0.29, 0.717) is 57.5 Å². The minimum absolute atomic E-state index is 0.0696. The highest BCUT2D eigenvalue weighted by atomic mass is 35.5. The van der Waals surface area contributed by atoms with Gasteiger partial charge in [0.15, 0.2) is 0 Å². The zero-order valence-electron chi connectivity index (χ0n) is 45.7. The standard InChI is InChI=1S/C56H74Cl4N8O12S2/c57-39-33-47-45(49(59)35-39)37-51(67-21-3-4-22-67)53(47)79-41-7-11-43(12-8-41)81(71,72)65-19-27-77-31-29-75-25-17-63-55(69)61-15-1-2-16-62-56(70)64-18-26-76-30-32-78-28-20-66-82(73,74)44-13-9-42(10-14-44)80-54-48-34-40(58)36-50(60)46(48)38-52(54)68-23-5-6-24-68/h7-14,33-36,51-54,65-66H,1-6,15-32,37-38H2,(H2,61,63,69)(H2,62,64,70). The number of hydrogen-bond donors (Lipinski definition) is 6. The molecular formula is C56H74Cl4N8O12S2. The van der Waals surface area contributed by atoms with Crippen molar-refractivity contribution in [1.82, 2.24) is 40.5 Å². The van der Waals surface area contributed by atoms with Crippen molar-refractivity contribution < 1.29 is 54.8 Å². The third-order valence-corrected chi connectivity index (χ3v) is 18.7. The van der Waals surface area contributed by atoms with E-state index >= 15 is 0 Å². The summed E-state index contributed by atoms with van der Waals surface area (Å²) < 4.78 is 92.1. The van der Waals surface area contributed by atoms with E-state index in [2.05, 4.69) is 40.5 Å². The van der Waals surface area contributed by atoms with E-state index in [1.165, 1.54) is 24.3 Å². The predicted molar refractivity (Wildman–Crippen MR) is 315 cm³/mol. The van der Waals surface area contributed by atoms with Crippen molar-refractivity contribution in [1.29, 1.82) is 0 Å². The monoisotopic (exact) mass is 1250 g/mol. The Kier molecular flexibility index (Phi) is 24.7. The van der Waals surface area contributed by atoms with Crippen molar-refractivity contribution in [2.24, 2.45) is 0 Å². The van der Waals surface area contributed by atoms with Crippen molar-refractivity contribution in [3.63, 3.8) is 0 Å². The summed E-state index contributed by atoms with van der Waals surface area (Å²) in [6.07, 6.45) is 6.79. The number of benzene rings is 4. The molecule has 4 aromatic rings. The molecule has 4 atom stereocenters.